The van der Waals surface area contributed by atoms with E-state index in [2.05, 4.69) is 20.3 Å². The van der Waals surface area contributed by atoms with Crippen molar-refractivity contribution in [3.8, 4) is 11.3 Å². The van der Waals surface area contributed by atoms with Gasteiger partial charge in [0.1, 0.15) is 23.8 Å². The predicted octanol–water partition coefficient (Wildman–Crippen LogP) is 5.55. The molecule has 410 valence electrons. The molecule has 0 bridgehead atoms. The number of aliphatic hydroxyl groups excluding tert-OH is 1. The third kappa shape index (κ3) is 14.8. The molecule has 1 aromatic carbocycles. The van der Waals surface area contributed by atoms with Gasteiger partial charge in [0.05, 0.1) is 40.4 Å². The van der Waals surface area contributed by atoms with Crippen LogP contribution in [-0.4, -0.2) is 157 Å². The highest BCUT2D eigenvalue weighted by molar-refractivity contribution is 14.1. The van der Waals surface area contributed by atoms with Crippen LogP contribution in [0.5, 0.6) is 0 Å². The average Bonchev–Trinajstić information content (AvgIpc) is 4.07. The molecular formula is C53H73IN8O12S. The predicted molar refractivity (Wildman–Crippen MR) is 286 cm³/mol. The number of esters is 1. The van der Waals surface area contributed by atoms with Crippen molar-refractivity contribution in [2.45, 2.75) is 157 Å². The fourth-order valence-electron chi connectivity index (χ4n) is 10.1. The molecule has 0 radical (unpaired) electrons. The largest absolute Gasteiger partial charge is 0.454 e. The number of ketones is 2. The molecule has 20 nitrogen and oxygen atoms in total. The van der Waals surface area contributed by atoms with Crippen molar-refractivity contribution < 1.29 is 56.4 Å². The first-order chi connectivity index (χ1) is 35.5. The maximum atomic E-state index is 14.8. The van der Waals surface area contributed by atoms with E-state index in [9.17, 15) is 32.7 Å². The third-order valence-electron chi connectivity index (χ3n) is 14.8. The van der Waals surface area contributed by atoms with Gasteiger partial charge in [-0.2, -0.15) is 0 Å². The van der Waals surface area contributed by atoms with Crippen LogP contribution in [0.15, 0.2) is 77.4 Å². The Balaban J connectivity index is 1.17. The quantitative estimate of drug-likeness (QED) is 0.0230. The second kappa shape index (κ2) is 26.0. The number of imidazole rings is 1. The lowest BCUT2D eigenvalue weighted by Gasteiger charge is -2.47. The van der Waals surface area contributed by atoms with Gasteiger partial charge in [0, 0.05) is 93.6 Å². The van der Waals surface area contributed by atoms with Gasteiger partial charge < -0.3 is 38.3 Å². The van der Waals surface area contributed by atoms with Crippen molar-refractivity contribution in [1.29, 1.82) is 0 Å². The van der Waals surface area contributed by atoms with Gasteiger partial charge in [-0.3, -0.25) is 33.8 Å². The molecule has 2 aliphatic heterocycles. The smallest absolute Gasteiger partial charge is 0.317 e. The first kappa shape index (κ1) is 59.4. The van der Waals surface area contributed by atoms with E-state index in [1.54, 1.807) is 88.5 Å². The van der Waals surface area contributed by atoms with Crippen LogP contribution in [0.3, 0.4) is 0 Å². The number of halogens is 1. The molecule has 1 N–H and O–H groups in total. The monoisotopic (exact) mass is 1170 g/mol. The fraction of sp³-hybridized carbons (Fsp3) is 0.604. The second-order valence-electron chi connectivity index (χ2n) is 20.6. The molecule has 2 saturated heterocycles. The Kier molecular flexibility index (Phi) is 20.6. The molecule has 3 aromatic heterocycles. The average molecular weight is 1170 g/mol. The lowest BCUT2D eigenvalue weighted by Crippen LogP contribution is -2.60. The number of nitrogens with zero attached hydrogens (tertiary/aromatic N) is 8. The van der Waals surface area contributed by atoms with Crippen molar-refractivity contribution >= 4 is 62.7 Å². The number of aliphatic hydroxyl groups is 1. The summed E-state index contributed by atoms with van der Waals surface area (Å²) in [6.45, 7) is 13.6. The Morgan fingerprint density at radius 2 is 1.75 bits per heavy atom. The van der Waals surface area contributed by atoms with Crippen LogP contribution in [0.2, 0.25) is 0 Å². The van der Waals surface area contributed by atoms with Gasteiger partial charge in [-0.25, -0.2) is 13.4 Å². The summed E-state index contributed by atoms with van der Waals surface area (Å²) in [5.41, 5.74) is 0.387. The van der Waals surface area contributed by atoms with Crippen LogP contribution in [-0.2, 0) is 78.6 Å². The van der Waals surface area contributed by atoms with E-state index in [-0.39, 0.29) is 29.7 Å². The molecular weight excluding hydrogens is 1100 g/mol. The summed E-state index contributed by atoms with van der Waals surface area (Å²) in [6, 6.07) is 9.09. The van der Waals surface area contributed by atoms with E-state index in [4.69, 9.17) is 28.7 Å². The van der Waals surface area contributed by atoms with Crippen LogP contribution in [0.25, 0.3) is 11.3 Å². The zero-order valence-electron chi connectivity index (χ0n) is 44.5. The number of benzene rings is 1. The molecule has 2 fully saturated rings. The Morgan fingerprint density at radius 1 is 1.01 bits per heavy atom. The number of hydrogen-bond acceptors (Lipinski definition) is 18. The van der Waals surface area contributed by atoms with Gasteiger partial charge in [0.15, 0.2) is 31.6 Å². The van der Waals surface area contributed by atoms with Gasteiger partial charge >= 0.3 is 5.97 Å². The minimum absolute atomic E-state index is 0.0485. The lowest BCUT2D eigenvalue weighted by molar-refractivity contribution is -0.296. The number of cyclic esters (lactones) is 1. The lowest BCUT2D eigenvalue weighted by atomic mass is 9.74. The minimum atomic E-state index is -3.29. The summed E-state index contributed by atoms with van der Waals surface area (Å²) in [7, 11) is 0.0735. The number of carbonyl (C=O) groups is 4. The number of aromatic nitrogens is 6. The van der Waals surface area contributed by atoms with Gasteiger partial charge in [0.2, 0.25) is 0 Å². The number of pyridine rings is 1. The minimum Gasteiger partial charge on any atom is -0.454 e. The number of methoxy groups -OCH3 is 1. The first-order valence-corrected chi connectivity index (χ1v) is 28.5. The summed E-state index contributed by atoms with van der Waals surface area (Å²) >= 11 is 1.86. The summed E-state index contributed by atoms with van der Waals surface area (Å²) in [4.78, 5) is 71.4. The molecule has 0 saturated carbocycles. The maximum Gasteiger partial charge on any atom is 0.317 e. The van der Waals surface area contributed by atoms with E-state index in [1.165, 1.54) is 20.3 Å². The van der Waals surface area contributed by atoms with E-state index >= 15 is 0 Å². The Morgan fingerprint density at radius 3 is 2.41 bits per heavy atom. The highest BCUT2D eigenvalue weighted by atomic mass is 127. The first-order valence-electron chi connectivity index (χ1n) is 25.4. The molecule has 6 rings (SSSR count). The zero-order valence-corrected chi connectivity index (χ0v) is 47.5. The van der Waals surface area contributed by atoms with Gasteiger partial charge in [-0.15, -0.1) is 5.10 Å². The maximum absolute atomic E-state index is 14.8. The van der Waals surface area contributed by atoms with Crippen LogP contribution in [0, 0.1) is 23.7 Å². The number of hydrogen-bond donors (Lipinski definition) is 1. The molecule has 13 atom stereocenters. The van der Waals surface area contributed by atoms with Crippen LogP contribution in [0.4, 0.5) is 0 Å². The molecule has 0 aliphatic carbocycles. The van der Waals surface area contributed by atoms with Gasteiger partial charge in [-0.05, 0) is 125 Å². The van der Waals surface area contributed by atoms with E-state index in [0.29, 0.717) is 51.7 Å². The van der Waals surface area contributed by atoms with Crippen molar-refractivity contribution in [3.63, 3.8) is 0 Å². The Hall–Kier alpha value is -4.85. The Labute approximate surface area is 453 Å². The zero-order chi connectivity index (χ0) is 54.8. The fourth-order valence-corrected chi connectivity index (χ4v) is 11.5. The SMILES string of the molecule is CO[C@]1(C)C[C@@H](C)C(=O)[C@H](C)[C@@H](N=CCCCn2cnc(-c3cccnc3)c2)[C@](C)(OC=O)[C@@H](I)OC(=O)[C@H](C)C(=O)[C@H](C)[C@H]1O[C@@H]1O[C@H](C)C[C@H](N(C)CCc2cn(CCc3ccc(S(C)(=O)=O)cc3)nn2)[C@H]1O. The molecule has 0 amide bonds. The third-order valence-corrected chi connectivity index (χ3v) is 17.4. The van der Waals surface area contributed by atoms with Gasteiger partial charge in [0.25, 0.3) is 6.47 Å². The van der Waals surface area contributed by atoms with Crippen molar-refractivity contribution in [2.75, 3.05) is 27.0 Å². The molecule has 22 heteroatoms. The molecule has 5 heterocycles. The Bertz CT molecular complexity index is 2690. The molecule has 75 heavy (non-hydrogen) atoms. The summed E-state index contributed by atoms with van der Waals surface area (Å²) in [6.07, 6.45) is 10.7. The molecule has 0 unspecified atom stereocenters. The normalized spacial score (nSPS) is 30.6. The van der Waals surface area contributed by atoms with Crippen LogP contribution < -0.4 is 0 Å². The summed E-state index contributed by atoms with van der Waals surface area (Å²) in [5.74, 6) is -5.65. The highest BCUT2D eigenvalue weighted by Gasteiger charge is 2.53. The number of likely N-dealkylation sites (N-methyl/N-ethyl adjacent to an activating group) is 1. The standard InChI is InChI=1S/C53H73IN8O12S/c1-33-27-52(6,70-9)48(73-50-46(66)43(26-34(2)72-50)60(8)24-20-40-29-62(59-58-40)25-19-38-15-17-41(18-16-38)75(10,68)69)36(4)45(65)37(5)49(67)74-51(54)53(7,71-32-63)47(35(3)44(33)64)56-22-11-12-23-61-30-42(57-31-61)39-14-13-21-55-28-39/h13-18,21-22,28-37,43,46-48,50-51,66H,11-12,19-20,23-27H2,1-10H3/t33-,34-,35+,36+,37-,43+,46-,47-,48-,50+,51+,52-,53+/m1/s1. The number of aryl methyl sites for hydroxylation is 3. The number of ether oxygens (including phenoxy) is 5. The number of rotatable bonds is 19. The topological polar surface area (TPSA) is 246 Å². The second-order valence-corrected chi connectivity index (χ2v) is 23.7. The van der Waals surface area contributed by atoms with Crippen LogP contribution in [0.1, 0.15) is 85.4 Å². The molecule has 0 spiro atoms. The van der Waals surface area contributed by atoms with E-state index in [1.807, 2.05) is 70.6 Å². The molecule has 2 aliphatic rings. The van der Waals surface area contributed by atoms with E-state index < -0.39 is 91.2 Å². The van der Waals surface area contributed by atoms with Gasteiger partial charge in [-0.1, -0.05) is 38.1 Å². The number of Topliss-reactive ketones (excluding diaryl/α,β-unsaturated/α-hetero) is 2. The van der Waals surface area contributed by atoms with Crippen LogP contribution >= 0.6 is 22.6 Å². The number of aliphatic imine (C=N–C) groups is 1. The highest BCUT2D eigenvalue weighted by Crippen LogP contribution is 2.40. The number of unbranched alkanes of at least 4 members (excludes halogenated alkanes) is 1. The number of carbonyl (C=O) groups excluding carboxylic acids is 4. The number of alkyl halides is 1. The number of sulfone groups is 1. The van der Waals surface area contributed by atoms with Crippen molar-refractivity contribution in [1.82, 2.24) is 34.4 Å². The molecule has 4 aromatic rings. The summed E-state index contributed by atoms with van der Waals surface area (Å²) in [5, 5.41) is 20.7. The summed E-state index contributed by atoms with van der Waals surface area (Å²) < 4.78 is 57.3. The van der Waals surface area contributed by atoms with Crippen molar-refractivity contribution in [3.05, 3.63) is 78.8 Å². The van der Waals surface area contributed by atoms with E-state index in [0.717, 1.165) is 22.5 Å². The van der Waals surface area contributed by atoms with Crippen molar-refractivity contribution in [2.24, 2.45) is 28.7 Å².